The van der Waals surface area contributed by atoms with E-state index in [0.717, 1.165) is 5.56 Å². The Morgan fingerprint density at radius 2 is 2.50 bits per heavy atom. The van der Waals surface area contributed by atoms with Crippen molar-refractivity contribution in [2.75, 3.05) is 0 Å². The average molecular weight is 202 g/mol. The number of rotatable bonds is 0. The van der Waals surface area contributed by atoms with Gasteiger partial charge in [0.2, 0.25) is 0 Å². The van der Waals surface area contributed by atoms with Gasteiger partial charge in [0, 0.05) is 12.1 Å². The van der Waals surface area contributed by atoms with Crippen molar-refractivity contribution in [3.63, 3.8) is 0 Å². The molecule has 10 heavy (non-hydrogen) atoms. The highest BCUT2D eigenvalue weighted by atomic mass is 79.9. The minimum Gasteiger partial charge on any atom is -0.444 e. The number of carbonyl (C=O) groups is 1. The van der Waals surface area contributed by atoms with Crippen molar-refractivity contribution in [1.29, 1.82) is 0 Å². The van der Waals surface area contributed by atoms with Crippen LogP contribution in [0.15, 0.2) is 15.2 Å². The van der Waals surface area contributed by atoms with E-state index in [1.165, 1.54) is 0 Å². The van der Waals surface area contributed by atoms with Crippen molar-refractivity contribution in [3.05, 3.63) is 22.1 Å². The standard InChI is InChI=1S/C6H4BrNO2/c7-4-1-3-2-8-6(9)5(3)10-4/h1H,2H2,(H,8,9). The van der Waals surface area contributed by atoms with Crippen molar-refractivity contribution in [2.24, 2.45) is 0 Å². The second-order valence-corrected chi connectivity index (χ2v) is 2.87. The van der Waals surface area contributed by atoms with Crippen molar-refractivity contribution >= 4 is 21.8 Å². The summed E-state index contributed by atoms with van der Waals surface area (Å²) >= 11 is 3.14. The van der Waals surface area contributed by atoms with E-state index in [9.17, 15) is 4.79 Å². The molecule has 0 unspecified atom stereocenters. The fraction of sp³-hybridized carbons (Fsp3) is 0.167. The minimum atomic E-state index is -0.124. The molecular weight excluding hydrogens is 198 g/mol. The van der Waals surface area contributed by atoms with Crippen LogP contribution in [0, 0.1) is 0 Å². The first-order valence-corrected chi connectivity index (χ1v) is 3.63. The van der Waals surface area contributed by atoms with Gasteiger partial charge in [-0.25, -0.2) is 0 Å². The zero-order chi connectivity index (χ0) is 7.14. The Morgan fingerprint density at radius 3 is 3.20 bits per heavy atom. The quantitative estimate of drug-likeness (QED) is 0.688. The lowest BCUT2D eigenvalue weighted by atomic mass is 10.3. The van der Waals surface area contributed by atoms with Crippen LogP contribution >= 0.6 is 15.9 Å². The summed E-state index contributed by atoms with van der Waals surface area (Å²) in [7, 11) is 0. The van der Waals surface area contributed by atoms with Gasteiger partial charge in [-0.05, 0) is 22.0 Å². The predicted molar refractivity (Wildman–Crippen MR) is 37.6 cm³/mol. The maximum absolute atomic E-state index is 10.9. The first-order chi connectivity index (χ1) is 4.77. The van der Waals surface area contributed by atoms with Gasteiger partial charge in [-0.15, -0.1) is 0 Å². The van der Waals surface area contributed by atoms with Crippen LogP contribution in [-0.4, -0.2) is 5.91 Å². The monoisotopic (exact) mass is 201 g/mol. The maximum Gasteiger partial charge on any atom is 0.287 e. The molecule has 1 aliphatic rings. The van der Waals surface area contributed by atoms with Gasteiger partial charge in [0.25, 0.3) is 5.91 Å². The van der Waals surface area contributed by atoms with E-state index in [0.29, 0.717) is 17.0 Å². The highest BCUT2D eigenvalue weighted by Gasteiger charge is 2.23. The molecule has 1 aromatic rings. The van der Waals surface area contributed by atoms with E-state index >= 15 is 0 Å². The molecule has 2 rings (SSSR count). The lowest BCUT2D eigenvalue weighted by Gasteiger charge is -1.86. The van der Waals surface area contributed by atoms with Gasteiger partial charge in [-0.1, -0.05) is 0 Å². The van der Waals surface area contributed by atoms with Crippen LogP contribution < -0.4 is 5.32 Å². The zero-order valence-electron chi connectivity index (χ0n) is 4.98. The summed E-state index contributed by atoms with van der Waals surface area (Å²) < 4.78 is 5.66. The van der Waals surface area contributed by atoms with Crippen LogP contribution in [0.1, 0.15) is 16.1 Å². The van der Waals surface area contributed by atoms with E-state index < -0.39 is 0 Å². The van der Waals surface area contributed by atoms with Gasteiger partial charge in [0.15, 0.2) is 10.4 Å². The summed E-state index contributed by atoms with van der Waals surface area (Å²) in [6.45, 7) is 0.587. The molecule has 0 bridgehead atoms. The van der Waals surface area contributed by atoms with E-state index in [2.05, 4.69) is 21.2 Å². The molecule has 0 aromatic carbocycles. The zero-order valence-corrected chi connectivity index (χ0v) is 6.56. The third-order valence-electron chi connectivity index (χ3n) is 1.42. The molecule has 2 heterocycles. The number of carbonyl (C=O) groups excluding carboxylic acids is 1. The number of nitrogens with one attached hydrogen (secondary N) is 1. The molecule has 4 heteroatoms. The average Bonchev–Trinajstić information content (AvgIpc) is 2.35. The summed E-state index contributed by atoms with van der Waals surface area (Å²) in [4.78, 5) is 10.9. The Bertz CT molecular complexity index is 292. The third kappa shape index (κ3) is 0.686. The van der Waals surface area contributed by atoms with E-state index in [1.807, 2.05) is 0 Å². The topological polar surface area (TPSA) is 42.2 Å². The van der Waals surface area contributed by atoms with Crippen molar-refractivity contribution < 1.29 is 9.21 Å². The van der Waals surface area contributed by atoms with Gasteiger partial charge in [-0.3, -0.25) is 4.79 Å². The SMILES string of the molecule is O=C1NCc2cc(Br)oc21. The van der Waals surface area contributed by atoms with Crippen molar-refractivity contribution in [2.45, 2.75) is 6.54 Å². The van der Waals surface area contributed by atoms with Gasteiger partial charge in [-0.2, -0.15) is 0 Å². The summed E-state index contributed by atoms with van der Waals surface area (Å²) in [6.07, 6.45) is 0. The van der Waals surface area contributed by atoms with E-state index in [4.69, 9.17) is 4.42 Å². The van der Waals surface area contributed by atoms with Crippen LogP contribution in [-0.2, 0) is 6.54 Å². The number of furan rings is 1. The molecule has 52 valence electrons. The fourth-order valence-corrected chi connectivity index (χ4v) is 1.41. The second kappa shape index (κ2) is 1.85. The first kappa shape index (κ1) is 5.97. The molecular formula is C6H4BrNO2. The molecule has 0 radical (unpaired) electrons. The number of amides is 1. The Hall–Kier alpha value is -0.770. The van der Waals surface area contributed by atoms with E-state index in [1.54, 1.807) is 6.07 Å². The fourth-order valence-electron chi connectivity index (χ4n) is 0.974. The molecule has 0 saturated carbocycles. The lowest BCUT2D eigenvalue weighted by Crippen LogP contribution is -2.12. The molecule has 0 atom stereocenters. The Labute approximate surface area is 65.5 Å². The summed E-state index contributed by atoms with van der Waals surface area (Å²) in [6, 6.07) is 1.80. The molecule has 1 N–H and O–H groups in total. The van der Waals surface area contributed by atoms with E-state index in [-0.39, 0.29) is 5.91 Å². The van der Waals surface area contributed by atoms with Crippen LogP contribution in [0.25, 0.3) is 0 Å². The molecule has 0 fully saturated rings. The Morgan fingerprint density at radius 1 is 1.70 bits per heavy atom. The second-order valence-electron chi connectivity index (χ2n) is 2.09. The highest BCUT2D eigenvalue weighted by Crippen LogP contribution is 2.23. The molecule has 0 aliphatic carbocycles. The molecule has 1 aliphatic heterocycles. The molecule has 1 aromatic heterocycles. The number of hydrogen-bond acceptors (Lipinski definition) is 2. The van der Waals surface area contributed by atoms with Gasteiger partial charge >= 0.3 is 0 Å². The minimum absolute atomic E-state index is 0.124. The molecule has 0 spiro atoms. The largest absolute Gasteiger partial charge is 0.444 e. The summed E-state index contributed by atoms with van der Waals surface area (Å²) in [5.74, 6) is 0.313. The lowest BCUT2D eigenvalue weighted by molar-refractivity contribution is 0.0939. The van der Waals surface area contributed by atoms with Crippen molar-refractivity contribution in [1.82, 2.24) is 5.32 Å². The summed E-state index contributed by atoms with van der Waals surface area (Å²) in [5, 5.41) is 2.64. The van der Waals surface area contributed by atoms with Gasteiger partial charge in [0.05, 0.1) is 0 Å². The predicted octanol–water partition coefficient (Wildman–Crippen LogP) is 1.29. The number of halogens is 1. The smallest absolute Gasteiger partial charge is 0.287 e. The van der Waals surface area contributed by atoms with Crippen LogP contribution in [0.2, 0.25) is 0 Å². The third-order valence-corrected chi connectivity index (χ3v) is 1.82. The maximum atomic E-state index is 10.9. The molecule has 1 amide bonds. The Kier molecular flexibility index (Phi) is 1.11. The normalized spacial score (nSPS) is 15.1. The number of hydrogen-bond donors (Lipinski definition) is 1. The van der Waals surface area contributed by atoms with Gasteiger partial charge in [0.1, 0.15) is 0 Å². The van der Waals surface area contributed by atoms with Crippen molar-refractivity contribution in [3.8, 4) is 0 Å². The molecule has 3 nitrogen and oxygen atoms in total. The molecule has 0 saturated heterocycles. The van der Waals surface area contributed by atoms with Gasteiger partial charge < -0.3 is 9.73 Å². The number of fused-ring (bicyclic) bond motifs is 1. The van der Waals surface area contributed by atoms with Crippen LogP contribution in [0.4, 0.5) is 0 Å². The van der Waals surface area contributed by atoms with Crippen LogP contribution in [0.3, 0.4) is 0 Å². The van der Waals surface area contributed by atoms with Crippen LogP contribution in [0.5, 0.6) is 0 Å². The Balaban J connectivity index is 2.59. The highest BCUT2D eigenvalue weighted by molar-refractivity contribution is 9.10. The summed E-state index contributed by atoms with van der Waals surface area (Å²) in [5.41, 5.74) is 0.928. The first-order valence-electron chi connectivity index (χ1n) is 2.84.